The fourth-order valence-electron chi connectivity index (χ4n) is 1.83. The fraction of sp³-hybridized carbons (Fsp3) is 0.125. The molecule has 0 saturated heterocycles. The lowest BCUT2D eigenvalue weighted by atomic mass is 10.0. The van der Waals surface area contributed by atoms with Crippen molar-refractivity contribution < 1.29 is 18.7 Å². The summed E-state index contributed by atoms with van der Waals surface area (Å²) >= 11 is 3.35. The van der Waals surface area contributed by atoms with Crippen LogP contribution in [0.15, 0.2) is 53.0 Å². The number of alkyl halides is 1. The number of hydrogen-bond acceptors (Lipinski definition) is 3. The molecular formula is C16H12BrFO3. The van der Waals surface area contributed by atoms with Gasteiger partial charge in [-0.15, -0.1) is 0 Å². The van der Waals surface area contributed by atoms with E-state index in [9.17, 15) is 14.0 Å². The van der Waals surface area contributed by atoms with Gasteiger partial charge >= 0.3 is 5.97 Å². The maximum absolute atomic E-state index is 13.5. The molecule has 1 unspecified atom stereocenters. The highest BCUT2D eigenvalue weighted by atomic mass is 79.9. The van der Waals surface area contributed by atoms with Crippen molar-refractivity contribution in [2.75, 3.05) is 7.11 Å². The number of hydrogen-bond donors (Lipinski definition) is 0. The Morgan fingerprint density at radius 3 is 1.95 bits per heavy atom. The maximum Gasteiger partial charge on any atom is 0.348 e. The van der Waals surface area contributed by atoms with Crippen LogP contribution < -0.4 is 0 Å². The second kappa shape index (κ2) is 6.63. The zero-order valence-corrected chi connectivity index (χ0v) is 12.8. The Morgan fingerprint density at radius 1 is 1.00 bits per heavy atom. The van der Waals surface area contributed by atoms with Crippen LogP contribution in [0.25, 0.3) is 11.1 Å². The van der Waals surface area contributed by atoms with Crippen molar-refractivity contribution in [1.29, 1.82) is 0 Å². The van der Waals surface area contributed by atoms with Gasteiger partial charge < -0.3 is 4.74 Å². The van der Waals surface area contributed by atoms with Gasteiger partial charge in [-0.1, -0.05) is 52.3 Å². The van der Waals surface area contributed by atoms with Crippen molar-refractivity contribution in [3.05, 3.63) is 58.6 Å². The molecule has 108 valence electrons. The van der Waals surface area contributed by atoms with Crippen molar-refractivity contribution >= 4 is 27.7 Å². The normalized spacial score (nSPS) is 11.8. The maximum atomic E-state index is 13.5. The zero-order valence-electron chi connectivity index (χ0n) is 11.2. The summed E-state index contributed by atoms with van der Waals surface area (Å²) in [6, 6.07) is 14.1. The van der Waals surface area contributed by atoms with Crippen LogP contribution in [-0.4, -0.2) is 25.0 Å². The minimum Gasteiger partial charge on any atom is -0.467 e. The Kier molecular flexibility index (Phi) is 4.85. The third-order valence-corrected chi connectivity index (χ3v) is 3.51. The monoisotopic (exact) mass is 350 g/mol. The number of ketones is 1. The van der Waals surface area contributed by atoms with Crippen LogP contribution >= 0.6 is 15.9 Å². The van der Waals surface area contributed by atoms with E-state index < -0.39 is 17.9 Å². The van der Waals surface area contributed by atoms with E-state index in [1.165, 1.54) is 12.1 Å². The molecule has 0 heterocycles. The smallest absolute Gasteiger partial charge is 0.348 e. The van der Waals surface area contributed by atoms with Crippen molar-refractivity contribution in [2.24, 2.45) is 0 Å². The second-order valence-electron chi connectivity index (χ2n) is 4.33. The van der Waals surface area contributed by atoms with Crippen LogP contribution in [0.2, 0.25) is 0 Å². The number of carbonyl (C=O) groups excluding carboxylic acids is 2. The highest BCUT2D eigenvalue weighted by molar-refractivity contribution is 9.10. The lowest BCUT2D eigenvalue weighted by molar-refractivity contribution is -0.144. The van der Waals surface area contributed by atoms with Crippen LogP contribution in [0.5, 0.6) is 0 Å². The molecule has 5 heteroatoms. The van der Waals surface area contributed by atoms with E-state index in [-0.39, 0.29) is 5.56 Å². The number of halogens is 2. The SMILES string of the molecule is COC(=O)C(F)C(=O)c1ccc(-c2ccc(Br)cc2)cc1. The molecule has 2 aromatic carbocycles. The Hall–Kier alpha value is -2.01. The van der Waals surface area contributed by atoms with Crippen LogP contribution in [0.4, 0.5) is 4.39 Å². The van der Waals surface area contributed by atoms with Crippen LogP contribution in [-0.2, 0) is 9.53 Å². The van der Waals surface area contributed by atoms with E-state index in [1.54, 1.807) is 12.1 Å². The van der Waals surface area contributed by atoms with Gasteiger partial charge in [0.15, 0.2) is 0 Å². The van der Waals surface area contributed by atoms with E-state index in [0.717, 1.165) is 22.7 Å². The molecule has 0 fully saturated rings. The average molecular weight is 351 g/mol. The van der Waals surface area contributed by atoms with Gasteiger partial charge in [0.25, 0.3) is 6.17 Å². The third kappa shape index (κ3) is 3.55. The predicted octanol–water partition coefficient (Wildman–Crippen LogP) is 3.81. The molecule has 0 aliphatic heterocycles. The van der Waals surface area contributed by atoms with Gasteiger partial charge in [-0.3, -0.25) is 4.79 Å². The molecular weight excluding hydrogens is 339 g/mol. The predicted molar refractivity (Wildman–Crippen MR) is 80.8 cm³/mol. The van der Waals surface area contributed by atoms with Crippen molar-refractivity contribution in [1.82, 2.24) is 0 Å². The van der Waals surface area contributed by atoms with Crippen molar-refractivity contribution in [3.63, 3.8) is 0 Å². The summed E-state index contributed by atoms with van der Waals surface area (Å²) in [7, 11) is 1.04. The summed E-state index contributed by atoms with van der Waals surface area (Å²) in [5.41, 5.74) is 2.00. The molecule has 1 atom stereocenters. The van der Waals surface area contributed by atoms with Gasteiger partial charge in [0.05, 0.1) is 7.11 Å². The molecule has 0 aliphatic carbocycles. The quantitative estimate of drug-likeness (QED) is 0.478. The van der Waals surface area contributed by atoms with Gasteiger partial charge in [0.1, 0.15) is 0 Å². The number of methoxy groups -OCH3 is 1. The summed E-state index contributed by atoms with van der Waals surface area (Å²) in [5.74, 6) is -2.08. The Labute approximate surface area is 129 Å². The summed E-state index contributed by atoms with van der Waals surface area (Å²) in [4.78, 5) is 22.8. The Balaban J connectivity index is 2.21. The molecule has 2 aromatic rings. The number of esters is 1. The van der Waals surface area contributed by atoms with Gasteiger partial charge in [-0.25, -0.2) is 9.18 Å². The minimum absolute atomic E-state index is 0.133. The number of ether oxygens (including phenoxy) is 1. The largest absolute Gasteiger partial charge is 0.467 e. The second-order valence-corrected chi connectivity index (χ2v) is 5.25. The lowest BCUT2D eigenvalue weighted by Gasteiger charge is -2.07. The highest BCUT2D eigenvalue weighted by Gasteiger charge is 2.27. The average Bonchev–Trinajstić information content (AvgIpc) is 2.53. The molecule has 3 nitrogen and oxygen atoms in total. The molecule has 21 heavy (non-hydrogen) atoms. The highest BCUT2D eigenvalue weighted by Crippen LogP contribution is 2.22. The van der Waals surface area contributed by atoms with Crippen LogP contribution in [0.1, 0.15) is 10.4 Å². The number of Topliss-reactive ketones (excluding diaryl/α,β-unsaturated/α-hetero) is 1. The molecule has 0 aliphatic rings. The van der Waals surface area contributed by atoms with E-state index in [2.05, 4.69) is 20.7 Å². The van der Waals surface area contributed by atoms with Crippen LogP contribution in [0, 0.1) is 0 Å². The molecule has 0 amide bonds. The number of benzene rings is 2. The van der Waals surface area contributed by atoms with E-state index >= 15 is 0 Å². The Bertz CT molecular complexity index is 650. The summed E-state index contributed by atoms with van der Waals surface area (Å²) in [6.07, 6.45) is -2.28. The molecule has 0 aromatic heterocycles. The van der Waals surface area contributed by atoms with Gasteiger partial charge in [-0.2, -0.15) is 0 Å². The van der Waals surface area contributed by atoms with Gasteiger partial charge in [-0.05, 0) is 23.3 Å². The molecule has 2 rings (SSSR count). The van der Waals surface area contributed by atoms with Gasteiger partial charge in [0, 0.05) is 10.0 Å². The molecule has 0 radical (unpaired) electrons. The summed E-state index contributed by atoms with van der Waals surface area (Å²) in [6.45, 7) is 0. The zero-order chi connectivity index (χ0) is 15.4. The van der Waals surface area contributed by atoms with E-state index in [0.29, 0.717) is 0 Å². The first kappa shape index (κ1) is 15.4. The van der Waals surface area contributed by atoms with E-state index in [1.807, 2.05) is 24.3 Å². The first-order valence-corrected chi connectivity index (χ1v) is 6.94. The topological polar surface area (TPSA) is 43.4 Å². The first-order chi connectivity index (χ1) is 10.0. The van der Waals surface area contributed by atoms with Crippen molar-refractivity contribution in [3.8, 4) is 11.1 Å². The van der Waals surface area contributed by atoms with E-state index in [4.69, 9.17) is 0 Å². The standard InChI is InChI=1S/C16H12BrFO3/c1-21-16(20)14(18)15(19)12-4-2-10(3-5-12)11-6-8-13(17)9-7-11/h2-9,14H,1H3. The number of rotatable bonds is 4. The van der Waals surface area contributed by atoms with Crippen molar-refractivity contribution in [2.45, 2.75) is 6.17 Å². The first-order valence-electron chi connectivity index (χ1n) is 6.15. The lowest BCUT2D eigenvalue weighted by Crippen LogP contribution is -2.26. The molecule has 0 bridgehead atoms. The summed E-state index contributed by atoms with van der Waals surface area (Å²) in [5, 5.41) is 0. The fourth-order valence-corrected chi connectivity index (χ4v) is 2.09. The third-order valence-electron chi connectivity index (χ3n) is 2.99. The Morgan fingerprint density at radius 2 is 1.48 bits per heavy atom. The van der Waals surface area contributed by atoms with Crippen LogP contribution in [0.3, 0.4) is 0 Å². The minimum atomic E-state index is -2.28. The summed E-state index contributed by atoms with van der Waals surface area (Å²) < 4.78 is 18.7. The molecule has 0 N–H and O–H groups in total. The number of carbonyl (C=O) groups is 2. The van der Waals surface area contributed by atoms with Gasteiger partial charge in [0.2, 0.25) is 5.78 Å². The molecule has 0 spiro atoms. The molecule has 0 saturated carbocycles.